The number of carbonyl (C=O) groups excluding carboxylic acids is 2. The number of rotatable bonds is 6. The fraction of sp³-hybridized carbons (Fsp3) is 0.148. The van der Waals surface area contributed by atoms with Crippen LogP contribution in [0, 0.1) is 19.7 Å². The number of methoxy groups -OCH3 is 1. The summed E-state index contributed by atoms with van der Waals surface area (Å²) in [6.07, 6.45) is 1.40. The predicted octanol–water partition coefficient (Wildman–Crippen LogP) is 4.64. The van der Waals surface area contributed by atoms with Crippen molar-refractivity contribution in [3.8, 4) is 5.75 Å². The average molecular weight is 458 g/mol. The van der Waals surface area contributed by atoms with Gasteiger partial charge in [-0.3, -0.25) is 14.4 Å². The monoisotopic (exact) mass is 458 g/mol. The summed E-state index contributed by atoms with van der Waals surface area (Å²) in [6, 6.07) is 15.5. The molecule has 0 aliphatic heterocycles. The lowest BCUT2D eigenvalue weighted by Crippen LogP contribution is -2.24. The molecule has 0 saturated carbocycles. The molecule has 0 saturated heterocycles. The zero-order valence-electron chi connectivity index (χ0n) is 19.0. The van der Waals surface area contributed by atoms with Gasteiger partial charge in [0.1, 0.15) is 18.1 Å². The zero-order valence-corrected chi connectivity index (χ0v) is 19.0. The number of aromatic nitrogens is 1. The summed E-state index contributed by atoms with van der Waals surface area (Å²) in [7, 11) is 1.56. The number of nitrogens with one attached hydrogen (secondary N) is 1. The van der Waals surface area contributed by atoms with E-state index < -0.39 is 17.0 Å². The van der Waals surface area contributed by atoms with E-state index >= 15 is 0 Å². The van der Waals surface area contributed by atoms with Gasteiger partial charge in [0.2, 0.25) is 11.3 Å². The molecule has 1 heterocycles. The molecule has 0 radical (unpaired) electrons. The molecule has 0 fully saturated rings. The molecule has 1 aromatic heterocycles. The number of nitrogens with zero attached hydrogens (tertiary/aromatic N) is 1. The molecule has 6 nitrogen and oxygen atoms in total. The van der Waals surface area contributed by atoms with E-state index in [0.29, 0.717) is 22.3 Å². The smallest absolute Gasteiger partial charge is 0.244 e. The van der Waals surface area contributed by atoms with Gasteiger partial charge in [0.15, 0.2) is 5.78 Å². The number of hydrogen-bond donors (Lipinski definition) is 1. The third kappa shape index (κ3) is 4.59. The summed E-state index contributed by atoms with van der Waals surface area (Å²) in [5.41, 5.74) is 2.66. The van der Waals surface area contributed by atoms with E-state index in [-0.39, 0.29) is 23.6 Å². The number of hydrogen-bond acceptors (Lipinski definition) is 4. The van der Waals surface area contributed by atoms with Gasteiger partial charge >= 0.3 is 0 Å². The lowest BCUT2D eigenvalue weighted by atomic mass is 10.00. The van der Waals surface area contributed by atoms with E-state index in [2.05, 4.69) is 5.32 Å². The minimum Gasteiger partial charge on any atom is -0.497 e. The lowest BCUT2D eigenvalue weighted by molar-refractivity contribution is -0.116. The Bertz CT molecular complexity index is 1460. The Hall–Kier alpha value is -4.26. The fourth-order valence-corrected chi connectivity index (χ4v) is 3.73. The molecule has 4 aromatic rings. The summed E-state index contributed by atoms with van der Waals surface area (Å²) in [4.78, 5) is 39.2. The van der Waals surface area contributed by atoms with Gasteiger partial charge in [-0.25, -0.2) is 4.39 Å². The standard InChI is InChI=1S/C27H23FN2O4/c1-16-12-22-24(13-17(16)2)30(15-25(31)29-20-8-10-21(34-3)11-9-20)14-23(27(22)33)26(32)18-4-6-19(28)7-5-18/h4-14H,15H2,1-3H3,(H,29,31). The largest absolute Gasteiger partial charge is 0.497 e. The van der Waals surface area contributed by atoms with Crippen LogP contribution < -0.4 is 15.5 Å². The summed E-state index contributed by atoms with van der Waals surface area (Å²) in [6.45, 7) is 3.68. The quantitative estimate of drug-likeness (QED) is 0.427. The van der Waals surface area contributed by atoms with Crippen LogP contribution in [0.2, 0.25) is 0 Å². The van der Waals surface area contributed by atoms with Gasteiger partial charge in [-0.05, 0) is 85.6 Å². The van der Waals surface area contributed by atoms with E-state index in [0.717, 1.165) is 11.1 Å². The van der Waals surface area contributed by atoms with Crippen LogP contribution in [0.25, 0.3) is 10.9 Å². The number of ether oxygens (including phenoxy) is 1. The summed E-state index contributed by atoms with van der Waals surface area (Å²) < 4.78 is 20.0. The summed E-state index contributed by atoms with van der Waals surface area (Å²) >= 11 is 0. The van der Waals surface area contributed by atoms with Gasteiger partial charge in [0.25, 0.3) is 0 Å². The Morgan fingerprint density at radius 3 is 2.26 bits per heavy atom. The van der Waals surface area contributed by atoms with Crippen molar-refractivity contribution in [3.05, 3.63) is 105 Å². The van der Waals surface area contributed by atoms with E-state index in [1.807, 2.05) is 19.9 Å². The molecule has 0 unspecified atom stereocenters. The first-order valence-corrected chi connectivity index (χ1v) is 10.7. The first-order chi connectivity index (χ1) is 16.3. The molecule has 1 N–H and O–H groups in total. The second kappa shape index (κ2) is 9.31. The molecule has 0 bridgehead atoms. The normalized spacial score (nSPS) is 10.8. The van der Waals surface area contributed by atoms with Gasteiger partial charge in [-0.15, -0.1) is 0 Å². The molecule has 34 heavy (non-hydrogen) atoms. The molecule has 4 rings (SSSR count). The highest BCUT2D eigenvalue weighted by molar-refractivity contribution is 6.10. The number of benzene rings is 3. The minimum atomic E-state index is -0.533. The van der Waals surface area contributed by atoms with Crippen molar-refractivity contribution in [2.24, 2.45) is 0 Å². The number of amides is 1. The topological polar surface area (TPSA) is 77.4 Å². The van der Waals surface area contributed by atoms with Crippen molar-refractivity contribution in [3.63, 3.8) is 0 Å². The first-order valence-electron chi connectivity index (χ1n) is 10.7. The molecule has 0 aliphatic carbocycles. The van der Waals surface area contributed by atoms with Crippen LogP contribution in [0.3, 0.4) is 0 Å². The van der Waals surface area contributed by atoms with Crippen LogP contribution in [-0.2, 0) is 11.3 Å². The maximum atomic E-state index is 13.3. The Morgan fingerprint density at radius 2 is 1.62 bits per heavy atom. The van der Waals surface area contributed by atoms with E-state index in [4.69, 9.17) is 4.74 Å². The van der Waals surface area contributed by atoms with E-state index in [9.17, 15) is 18.8 Å². The highest BCUT2D eigenvalue weighted by atomic mass is 19.1. The molecule has 1 amide bonds. The molecule has 0 aliphatic rings. The zero-order chi connectivity index (χ0) is 24.4. The summed E-state index contributed by atoms with van der Waals surface area (Å²) in [5, 5.41) is 3.15. The van der Waals surface area contributed by atoms with Crippen molar-refractivity contribution in [1.29, 1.82) is 0 Å². The summed E-state index contributed by atoms with van der Waals surface area (Å²) in [5.74, 6) is -0.670. The van der Waals surface area contributed by atoms with Crippen LogP contribution in [0.1, 0.15) is 27.0 Å². The predicted molar refractivity (Wildman–Crippen MR) is 129 cm³/mol. The number of aryl methyl sites for hydroxylation is 2. The minimum absolute atomic E-state index is 0.0837. The maximum absolute atomic E-state index is 13.3. The Labute approximate surface area is 195 Å². The van der Waals surface area contributed by atoms with Gasteiger partial charge in [0, 0.05) is 22.8 Å². The van der Waals surface area contributed by atoms with Crippen molar-refractivity contribution in [1.82, 2.24) is 4.57 Å². The Kier molecular flexibility index (Phi) is 6.27. The number of pyridine rings is 1. The number of anilines is 1. The fourth-order valence-electron chi connectivity index (χ4n) is 3.73. The number of ketones is 1. The van der Waals surface area contributed by atoms with Crippen LogP contribution in [0.4, 0.5) is 10.1 Å². The first kappa shape index (κ1) is 22.9. The third-order valence-electron chi connectivity index (χ3n) is 5.73. The Morgan fingerprint density at radius 1 is 0.971 bits per heavy atom. The molecule has 172 valence electrons. The SMILES string of the molecule is COc1ccc(NC(=O)Cn2cc(C(=O)c3ccc(F)cc3)c(=O)c3cc(C)c(C)cc32)cc1. The van der Waals surface area contributed by atoms with E-state index in [1.54, 1.807) is 42.0 Å². The molecule has 0 atom stereocenters. The number of halogens is 1. The molecule has 0 spiro atoms. The van der Waals surface area contributed by atoms with Gasteiger partial charge < -0.3 is 14.6 Å². The molecule has 7 heteroatoms. The van der Waals surface area contributed by atoms with Crippen LogP contribution in [0.5, 0.6) is 5.75 Å². The maximum Gasteiger partial charge on any atom is 0.244 e. The average Bonchev–Trinajstić information content (AvgIpc) is 2.82. The second-order valence-corrected chi connectivity index (χ2v) is 8.07. The molecular weight excluding hydrogens is 435 g/mol. The van der Waals surface area contributed by atoms with Crippen LogP contribution in [0.15, 0.2) is 71.7 Å². The number of fused-ring (bicyclic) bond motifs is 1. The lowest BCUT2D eigenvalue weighted by Gasteiger charge is -2.15. The number of carbonyl (C=O) groups is 2. The van der Waals surface area contributed by atoms with Crippen molar-refractivity contribution < 1.29 is 18.7 Å². The highest BCUT2D eigenvalue weighted by Gasteiger charge is 2.19. The van der Waals surface area contributed by atoms with Gasteiger partial charge in [-0.1, -0.05) is 0 Å². The van der Waals surface area contributed by atoms with Crippen molar-refractivity contribution >= 4 is 28.3 Å². The molecular formula is C27H23FN2O4. The second-order valence-electron chi connectivity index (χ2n) is 8.07. The van der Waals surface area contributed by atoms with E-state index in [1.165, 1.54) is 30.5 Å². The Balaban J connectivity index is 1.76. The van der Waals surface area contributed by atoms with Crippen LogP contribution in [-0.4, -0.2) is 23.4 Å². The van der Waals surface area contributed by atoms with Crippen molar-refractivity contribution in [2.75, 3.05) is 12.4 Å². The van der Waals surface area contributed by atoms with Crippen LogP contribution >= 0.6 is 0 Å². The molecule has 3 aromatic carbocycles. The third-order valence-corrected chi connectivity index (χ3v) is 5.73. The van der Waals surface area contributed by atoms with Gasteiger partial charge in [0.05, 0.1) is 18.2 Å². The van der Waals surface area contributed by atoms with Gasteiger partial charge in [-0.2, -0.15) is 0 Å². The highest BCUT2D eigenvalue weighted by Crippen LogP contribution is 2.20. The van der Waals surface area contributed by atoms with Crippen molar-refractivity contribution in [2.45, 2.75) is 20.4 Å².